The molecule has 9 nitrogen and oxygen atoms in total. The maximum Gasteiger partial charge on any atom is 0.341 e. The molecule has 4 rings (SSSR count). The number of nitriles is 1. The average molecular weight is 526 g/mol. The third-order valence-corrected chi connectivity index (χ3v) is 7.11. The number of carbonyl (C=O) groups excluding carboxylic acids is 2. The molecule has 0 radical (unpaired) electrons. The van der Waals surface area contributed by atoms with E-state index in [1.54, 1.807) is 19.1 Å². The zero-order valence-corrected chi connectivity index (χ0v) is 20.7. The first-order chi connectivity index (χ1) is 17.3. The van der Waals surface area contributed by atoms with Gasteiger partial charge >= 0.3 is 5.97 Å². The summed E-state index contributed by atoms with van der Waals surface area (Å²) < 4.78 is 10.9. The summed E-state index contributed by atoms with van der Waals surface area (Å²) in [7, 11) is 0. The molecule has 0 fully saturated rings. The lowest BCUT2D eigenvalue weighted by Gasteiger charge is -2.12. The summed E-state index contributed by atoms with van der Waals surface area (Å²) in [5.41, 5.74) is 1.30. The molecule has 0 atom stereocenters. The number of carbonyl (C=O) groups is 2. The van der Waals surface area contributed by atoms with Crippen molar-refractivity contribution < 1.29 is 23.7 Å². The van der Waals surface area contributed by atoms with Gasteiger partial charge in [-0.1, -0.05) is 11.6 Å². The molecule has 0 unspecified atom stereocenters. The van der Waals surface area contributed by atoms with Gasteiger partial charge in [0.25, 0.3) is 11.6 Å². The Morgan fingerprint density at radius 3 is 2.78 bits per heavy atom. The molecule has 1 aromatic carbocycles. The van der Waals surface area contributed by atoms with Crippen LogP contribution in [0.15, 0.2) is 40.3 Å². The predicted octanol–water partition coefficient (Wildman–Crippen LogP) is 6.17. The SMILES string of the molecule is CCOC(=O)c1c(NC(=O)C(C#N)=Cc2ccc(-c3ccc([N+](=O)[O-])cc3Cl)o2)sc2c1CCCC2. The van der Waals surface area contributed by atoms with Crippen LogP contribution in [-0.2, 0) is 22.4 Å². The van der Waals surface area contributed by atoms with Crippen LogP contribution in [0.1, 0.15) is 46.3 Å². The number of anilines is 1. The van der Waals surface area contributed by atoms with Crippen LogP contribution in [0.4, 0.5) is 10.7 Å². The zero-order valence-electron chi connectivity index (χ0n) is 19.1. The first-order valence-electron chi connectivity index (χ1n) is 11.1. The summed E-state index contributed by atoms with van der Waals surface area (Å²) in [6.45, 7) is 1.92. The topological polar surface area (TPSA) is 135 Å². The smallest absolute Gasteiger partial charge is 0.341 e. The summed E-state index contributed by atoms with van der Waals surface area (Å²) in [5.74, 6) is -0.658. The minimum atomic E-state index is -0.687. The van der Waals surface area contributed by atoms with E-state index in [4.69, 9.17) is 20.8 Å². The minimum absolute atomic E-state index is 0.125. The highest BCUT2D eigenvalue weighted by molar-refractivity contribution is 7.17. The molecular weight excluding hydrogens is 506 g/mol. The summed E-state index contributed by atoms with van der Waals surface area (Å²) in [6.07, 6.45) is 4.79. The van der Waals surface area contributed by atoms with Crippen molar-refractivity contribution in [2.75, 3.05) is 11.9 Å². The Morgan fingerprint density at radius 2 is 2.08 bits per heavy atom. The standard InChI is InChI=1S/C25H20ClN3O6S/c1-2-34-25(31)22-18-5-3-4-6-21(18)36-24(22)28-23(30)14(13-27)11-16-8-10-20(35-16)17-9-7-15(29(32)33)12-19(17)26/h7-12H,2-6H2,1H3,(H,28,30). The molecule has 184 valence electrons. The van der Waals surface area contributed by atoms with Crippen molar-refractivity contribution in [2.24, 2.45) is 0 Å². The number of thiophene rings is 1. The third kappa shape index (κ3) is 5.17. The van der Waals surface area contributed by atoms with E-state index in [0.29, 0.717) is 21.9 Å². The van der Waals surface area contributed by atoms with Gasteiger partial charge in [0.1, 0.15) is 28.2 Å². The fourth-order valence-electron chi connectivity index (χ4n) is 3.93. The molecule has 3 aromatic rings. The first kappa shape index (κ1) is 25.2. The number of nitrogens with one attached hydrogen (secondary N) is 1. The maximum absolute atomic E-state index is 13.0. The number of furan rings is 1. The van der Waals surface area contributed by atoms with Gasteiger partial charge in [-0.2, -0.15) is 5.26 Å². The molecule has 0 spiro atoms. The monoisotopic (exact) mass is 525 g/mol. The van der Waals surface area contributed by atoms with Crippen molar-refractivity contribution in [3.8, 4) is 17.4 Å². The number of rotatable bonds is 7. The Morgan fingerprint density at radius 1 is 1.31 bits per heavy atom. The number of nitro benzene ring substituents is 1. The van der Waals surface area contributed by atoms with Gasteiger partial charge in [0.15, 0.2) is 0 Å². The lowest BCUT2D eigenvalue weighted by atomic mass is 9.95. The lowest BCUT2D eigenvalue weighted by molar-refractivity contribution is -0.384. The van der Waals surface area contributed by atoms with Crippen LogP contribution < -0.4 is 5.32 Å². The highest BCUT2D eigenvalue weighted by Gasteiger charge is 2.28. The number of hydrogen-bond acceptors (Lipinski definition) is 8. The van der Waals surface area contributed by atoms with Gasteiger partial charge in [-0.25, -0.2) is 4.79 Å². The molecular formula is C25H20ClN3O6S. The molecule has 0 aliphatic heterocycles. The molecule has 1 aliphatic carbocycles. The van der Waals surface area contributed by atoms with Crippen molar-refractivity contribution in [1.82, 2.24) is 0 Å². The Bertz CT molecular complexity index is 1430. The third-order valence-electron chi connectivity index (χ3n) is 5.59. The van der Waals surface area contributed by atoms with E-state index in [1.165, 1.54) is 35.6 Å². The van der Waals surface area contributed by atoms with Crippen molar-refractivity contribution in [1.29, 1.82) is 5.26 Å². The van der Waals surface area contributed by atoms with Crippen LogP contribution in [0.5, 0.6) is 0 Å². The summed E-state index contributed by atoms with van der Waals surface area (Å²) in [5, 5.41) is 23.7. The number of nitro groups is 1. The lowest BCUT2D eigenvalue weighted by Crippen LogP contribution is -2.16. The van der Waals surface area contributed by atoms with Gasteiger partial charge in [0, 0.05) is 28.6 Å². The molecule has 0 saturated carbocycles. The van der Waals surface area contributed by atoms with Crippen LogP contribution in [0.3, 0.4) is 0 Å². The van der Waals surface area contributed by atoms with Crippen molar-refractivity contribution in [3.63, 3.8) is 0 Å². The van der Waals surface area contributed by atoms with E-state index in [2.05, 4.69) is 5.32 Å². The Labute approximate surface area is 215 Å². The van der Waals surface area contributed by atoms with E-state index < -0.39 is 16.8 Å². The molecule has 11 heteroatoms. The number of fused-ring (bicyclic) bond motifs is 1. The van der Waals surface area contributed by atoms with Crippen LogP contribution >= 0.6 is 22.9 Å². The Kier molecular flexibility index (Phi) is 7.52. The van der Waals surface area contributed by atoms with E-state index in [-0.39, 0.29) is 28.7 Å². The Balaban J connectivity index is 1.59. The molecule has 2 heterocycles. The van der Waals surface area contributed by atoms with Crippen LogP contribution in [0.25, 0.3) is 17.4 Å². The molecule has 1 amide bonds. The number of hydrogen-bond donors (Lipinski definition) is 1. The zero-order chi connectivity index (χ0) is 25.8. The van der Waals surface area contributed by atoms with Crippen molar-refractivity contribution in [2.45, 2.75) is 32.6 Å². The van der Waals surface area contributed by atoms with Crippen LogP contribution in [0.2, 0.25) is 5.02 Å². The fourth-order valence-corrected chi connectivity index (χ4v) is 5.47. The number of amides is 1. The van der Waals surface area contributed by atoms with Gasteiger partial charge in [0.05, 0.1) is 22.1 Å². The van der Waals surface area contributed by atoms with E-state index in [1.807, 2.05) is 6.07 Å². The molecule has 2 aromatic heterocycles. The second kappa shape index (κ2) is 10.8. The molecule has 0 bridgehead atoms. The molecule has 1 N–H and O–H groups in total. The van der Waals surface area contributed by atoms with Crippen molar-refractivity contribution in [3.05, 3.63) is 72.8 Å². The predicted molar refractivity (Wildman–Crippen MR) is 135 cm³/mol. The van der Waals surface area contributed by atoms with Gasteiger partial charge in [0.2, 0.25) is 0 Å². The Hall–Kier alpha value is -3.94. The minimum Gasteiger partial charge on any atom is -0.462 e. The normalized spacial score (nSPS) is 13.0. The summed E-state index contributed by atoms with van der Waals surface area (Å²) >= 11 is 7.49. The number of ether oxygens (including phenoxy) is 1. The maximum atomic E-state index is 13.0. The molecule has 0 saturated heterocycles. The quantitative estimate of drug-likeness (QED) is 0.128. The molecule has 1 aliphatic rings. The fraction of sp³-hybridized carbons (Fsp3) is 0.240. The molecule has 36 heavy (non-hydrogen) atoms. The van der Waals surface area contributed by atoms with Gasteiger partial charge < -0.3 is 14.5 Å². The number of esters is 1. The van der Waals surface area contributed by atoms with Crippen LogP contribution in [0, 0.1) is 21.4 Å². The van der Waals surface area contributed by atoms with E-state index in [0.717, 1.165) is 36.1 Å². The van der Waals surface area contributed by atoms with Crippen molar-refractivity contribution >= 4 is 51.6 Å². The number of non-ortho nitro benzene ring substituents is 1. The number of halogens is 1. The number of benzene rings is 1. The highest BCUT2D eigenvalue weighted by atomic mass is 35.5. The van der Waals surface area contributed by atoms with E-state index in [9.17, 15) is 25.0 Å². The number of aryl methyl sites for hydroxylation is 1. The largest absolute Gasteiger partial charge is 0.462 e. The van der Waals surface area contributed by atoms with Crippen LogP contribution in [-0.4, -0.2) is 23.4 Å². The first-order valence-corrected chi connectivity index (χ1v) is 12.3. The van der Waals surface area contributed by atoms with Gasteiger partial charge in [-0.05, 0) is 56.4 Å². The summed E-state index contributed by atoms with van der Waals surface area (Å²) in [4.78, 5) is 37.0. The van der Waals surface area contributed by atoms with Gasteiger partial charge in [-0.3, -0.25) is 14.9 Å². The highest BCUT2D eigenvalue weighted by Crippen LogP contribution is 2.39. The van der Waals surface area contributed by atoms with E-state index >= 15 is 0 Å². The second-order valence-electron chi connectivity index (χ2n) is 7.88. The van der Waals surface area contributed by atoms with Gasteiger partial charge in [-0.15, -0.1) is 11.3 Å². The summed E-state index contributed by atoms with van der Waals surface area (Å²) in [6, 6.07) is 8.96. The number of nitrogens with zero attached hydrogens (tertiary/aromatic N) is 2. The second-order valence-corrected chi connectivity index (χ2v) is 9.40. The average Bonchev–Trinajstić information content (AvgIpc) is 3.46.